The molecule has 1 atom stereocenters. The Hall–Kier alpha value is -5.16. The Morgan fingerprint density at radius 2 is 1.64 bits per heavy atom. The predicted molar refractivity (Wildman–Crippen MR) is 183 cm³/mol. The number of hydroxylamine groups is 1. The SMILES string of the molecule is CC(C)(C)OC(=O)N(OC(C)(C)C)c1nccc2cc(NC(C(=O)NCc3cccc(N)c3)c3ccc(CCC(=O)O)cc3)ccc12. The summed E-state index contributed by atoms with van der Waals surface area (Å²) in [5.74, 6) is -0.870. The molecule has 0 aliphatic carbocycles. The topological polar surface area (TPSA) is 156 Å². The first-order valence-corrected chi connectivity index (χ1v) is 15.4. The van der Waals surface area contributed by atoms with E-state index in [0.29, 0.717) is 28.7 Å². The van der Waals surface area contributed by atoms with Crippen molar-refractivity contribution in [2.24, 2.45) is 0 Å². The first-order chi connectivity index (χ1) is 22.1. The number of aryl methyl sites for hydroxylation is 1. The zero-order valence-electron chi connectivity index (χ0n) is 27.7. The summed E-state index contributed by atoms with van der Waals surface area (Å²) in [6.07, 6.45) is 1.28. The fraction of sp³-hybridized carbons (Fsp3) is 0.333. The smallest absolute Gasteiger partial charge is 0.440 e. The van der Waals surface area contributed by atoms with E-state index in [1.54, 1.807) is 57.3 Å². The number of nitrogens with one attached hydrogen (secondary N) is 2. The molecule has 3 aromatic carbocycles. The van der Waals surface area contributed by atoms with Gasteiger partial charge in [0, 0.05) is 35.9 Å². The van der Waals surface area contributed by atoms with Gasteiger partial charge < -0.3 is 26.2 Å². The molecule has 1 aromatic heterocycles. The third-order valence-electron chi connectivity index (χ3n) is 6.79. The van der Waals surface area contributed by atoms with Crippen LogP contribution < -0.4 is 21.4 Å². The van der Waals surface area contributed by atoms with E-state index in [1.165, 1.54) is 0 Å². The van der Waals surface area contributed by atoms with Crippen LogP contribution in [0.5, 0.6) is 0 Å². The van der Waals surface area contributed by atoms with Gasteiger partial charge in [0.05, 0.1) is 5.60 Å². The lowest BCUT2D eigenvalue weighted by atomic mass is 10.0. The number of carboxylic acids is 1. The van der Waals surface area contributed by atoms with Gasteiger partial charge in [-0.05, 0) is 106 Å². The molecule has 0 saturated carbocycles. The number of carboxylic acid groups (broad SMARTS) is 1. The van der Waals surface area contributed by atoms with Crippen LogP contribution in [0.25, 0.3) is 10.8 Å². The lowest BCUT2D eigenvalue weighted by molar-refractivity contribution is -0.137. The van der Waals surface area contributed by atoms with Crippen LogP contribution in [-0.2, 0) is 32.1 Å². The number of nitrogens with two attached hydrogens (primary N) is 1. The second-order valence-corrected chi connectivity index (χ2v) is 13.2. The van der Waals surface area contributed by atoms with Crippen molar-refractivity contribution in [3.63, 3.8) is 0 Å². The largest absolute Gasteiger partial charge is 0.481 e. The highest BCUT2D eigenvalue weighted by Crippen LogP contribution is 2.31. The van der Waals surface area contributed by atoms with Crippen molar-refractivity contribution in [3.8, 4) is 0 Å². The normalized spacial score (nSPS) is 12.3. The van der Waals surface area contributed by atoms with Gasteiger partial charge in [-0.2, -0.15) is 0 Å². The second kappa shape index (κ2) is 14.5. The number of ether oxygens (including phenoxy) is 1. The number of hydrogen-bond donors (Lipinski definition) is 4. The number of aliphatic carboxylic acids is 1. The number of amides is 2. The molecule has 0 saturated heterocycles. The molecular weight excluding hydrogens is 598 g/mol. The van der Waals surface area contributed by atoms with Crippen LogP contribution in [0.4, 0.5) is 22.0 Å². The summed E-state index contributed by atoms with van der Waals surface area (Å²) < 4.78 is 5.63. The molecule has 47 heavy (non-hydrogen) atoms. The Morgan fingerprint density at radius 1 is 0.915 bits per heavy atom. The zero-order valence-corrected chi connectivity index (χ0v) is 27.7. The minimum Gasteiger partial charge on any atom is -0.481 e. The first-order valence-electron chi connectivity index (χ1n) is 15.4. The molecular formula is C36H43N5O6. The molecule has 1 unspecified atom stereocenters. The van der Waals surface area contributed by atoms with Crippen molar-refractivity contribution >= 4 is 45.9 Å². The van der Waals surface area contributed by atoms with Crippen molar-refractivity contribution < 1.29 is 29.1 Å². The van der Waals surface area contributed by atoms with Gasteiger partial charge in [0.25, 0.3) is 0 Å². The van der Waals surface area contributed by atoms with E-state index in [0.717, 1.165) is 21.6 Å². The number of hydrogen-bond acceptors (Lipinski definition) is 8. The zero-order chi connectivity index (χ0) is 34.4. The lowest BCUT2D eigenvalue weighted by Crippen LogP contribution is -2.42. The molecule has 0 aliphatic heterocycles. The van der Waals surface area contributed by atoms with Gasteiger partial charge in [-0.1, -0.05) is 36.4 Å². The standard InChI is InChI=1S/C36H43N5O6/c1-35(2,3)46-34(45)41(47-36(4,5)6)32-29-16-15-28(21-26(29)18-19-38-32)40-31(25-13-10-23(11-14-25)12-17-30(42)43)33(44)39-22-24-8-7-9-27(37)20-24/h7-11,13-16,18-21,31,40H,12,17,22,37H2,1-6H3,(H,39,44)(H,42,43). The Balaban J connectivity index is 1.66. The van der Waals surface area contributed by atoms with E-state index in [2.05, 4.69) is 15.6 Å². The summed E-state index contributed by atoms with van der Waals surface area (Å²) in [5.41, 5.74) is 8.10. The Labute approximate surface area is 275 Å². The lowest BCUT2D eigenvalue weighted by Gasteiger charge is -2.31. The van der Waals surface area contributed by atoms with Crippen molar-refractivity contribution in [2.75, 3.05) is 16.1 Å². The third kappa shape index (κ3) is 10.2. The van der Waals surface area contributed by atoms with Crippen LogP contribution in [0.2, 0.25) is 0 Å². The number of benzene rings is 3. The average Bonchev–Trinajstić information content (AvgIpc) is 2.99. The molecule has 0 spiro atoms. The summed E-state index contributed by atoms with van der Waals surface area (Å²) in [6.45, 7) is 11.1. The number of fused-ring (bicyclic) bond motifs is 1. The summed E-state index contributed by atoms with van der Waals surface area (Å²) in [4.78, 5) is 48.5. The van der Waals surface area contributed by atoms with E-state index >= 15 is 0 Å². The van der Waals surface area contributed by atoms with Crippen LogP contribution in [0.15, 0.2) is 79.0 Å². The number of carbonyl (C=O) groups excluding carboxylic acids is 2. The molecule has 11 heteroatoms. The highest BCUT2D eigenvalue weighted by Gasteiger charge is 2.31. The van der Waals surface area contributed by atoms with Crippen molar-refractivity contribution in [3.05, 3.63) is 95.7 Å². The van der Waals surface area contributed by atoms with Crippen LogP contribution in [0.1, 0.15) is 70.7 Å². The number of anilines is 3. The highest BCUT2D eigenvalue weighted by atomic mass is 16.7. The molecule has 0 radical (unpaired) electrons. The van der Waals surface area contributed by atoms with Crippen molar-refractivity contribution in [1.29, 1.82) is 0 Å². The molecule has 1 heterocycles. The Bertz CT molecular complexity index is 1730. The number of nitrogens with zero attached hydrogens (tertiary/aromatic N) is 2. The molecule has 2 amide bonds. The summed E-state index contributed by atoms with van der Waals surface area (Å²) in [5, 5.41) is 17.9. The van der Waals surface area contributed by atoms with Crippen LogP contribution in [0, 0.1) is 0 Å². The minimum absolute atomic E-state index is 0.0157. The fourth-order valence-corrected chi connectivity index (χ4v) is 4.75. The molecule has 5 N–H and O–H groups in total. The van der Waals surface area contributed by atoms with Crippen LogP contribution in [0.3, 0.4) is 0 Å². The number of pyridine rings is 1. The molecule has 0 fully saturated rings. The predicted octanol–water partition coefficient (Wildman–Crippen LogP) is 6.78. The Morgan fingerprint density at radius 3 is 2.28 bits per heavy atom. The molecule has 4 rings (SSSR count). The van der Waals surface area contributed by atoms with Gasteiger partial charge in [-0.3, -0.25) is 14.4 Å². The average molecular weight is 642 g/mol. The molecule has 4 aromatic rings. The third-order valence-corrected chi connectivity index (χ3v) is 6.79. The minimum atomic E-state index is -0.872. The summed E-state index contributed by atoms with van der Waals surface area (Å²) in [7, 11) is 0. The van der Waals surface area contributed by atoms with Gasteiger partial charge in [0.1, 0.15) is 11.6 Å². The molecule has 248 valence electrons. The van der Waals surface area contributed by atoms with Crippen LogP contribution >= 0.6 is 0 Å². The monoisotopic (exact) mass is 641 g/mol. The maximum absolute atomic E-state index is 13.7. The van der Waals surface area contributed by atoms with Gasteiger partial charge in [0.15, 0.2) is 5.82 Å². The number of carbonyl (C=O) groups is 3. The van der Waals surface area contributed by atoms with E-state index in [9.17, 15) is 14.4 Å². The first kappa shape index (κ1) is 34.7. The van der Waals surface area contributed by atoms with Crippen LogP contribution in [-0.4, -0.2) is 39.3 Å². The summed E-state index contributed by atoms with van der Waals surface area (Å²) in [6, 6.07) is 21.1. The maximum Gasteiger partial charge on any atom is 0.440 e. The quantitative estimate of drug-likeness (QED) is 0.102. The van der Waals surface area contributed by atoms with Crippen molar-refractivity contribution in [2.45, 2.75) is 78.2 Å². The Kier molecular flexibility index (Phi) is 10.7. The number of aromatic nitrogens is 1. The van der Waals surface area contributed by atoms with Gasteiger partial charge >= 0.3 is 12.1 Å². The molecule has 0 bridgehead atoms. The fourth-order valence-electron chi connectivity index (χ4n) is 4.75. The molecule has 0 aliphatic rings. The molecule has 11 nitrogen and oxygen atoms in total. The van der Waals surface area contributed by atoms with Crippen molar-refractivity contribution in [1.82, 2.24) is 10.3 Å². The van der Waals surface area contributed by atoms with Gasteiger partial charge in [-0.25, -0.2) is 9.78 Å². The van der Waals surface area contributed by atoms with E-state index in [4.69, 9.17) is 20.4 Å². The van der Waals surface area contributed by atoms with E-state index < -0.39 is 29.3 Å². The second-order valence-electron chi connectivity index (χ2n) is 13.2. The highest BCUT2D eigenvalue weighted by molar-refractivity contribution is 6.00. The number of nitrogen functional groups attached to an aromatic ring is 1. The van der Waals surface area contributed by atoms with E-state index in [-0.39, 0.29) is 24.7 Å². The van der Waals surface area contributed by atoms with E-state index in [1.807, 2.05) is 63.2 Å². The van der Waals surface area contributed by atoms with Gasteiger partial charge in [-0.15, -0.1) is 5.06 Å². The van der Waals surface area contributed by atoms with Gasteiger partial charge in [0.2, 0.25) is 5.91 Å². The summed E-state index contributed by atoms with van der Waals surface area (Å²) >= 11 is 0. The maximum atomic E-state index is 13.7. The number of rotatable bonds is 11.